The van der Waals surface area contributed by atoms with E-state index in [-0.39, 0.29) is 17.1 Å². The van der Waals surface area contributed by atoms with E-state index in [1.54, 1.807) is 19.1 Å². The molecule has 8 heteroatoms. The molecule has 1 heterocycles. The van der Waals surface area contributed by atoms with E-state index in [1.807, 2.05) is 0 Å². The number of aromatic nitrogens is 2. The molecule has 0 radical (unpaired) electrons. The highest BCUT2D eigenvalue weighted by Crippen LogP contribution is 2.28. The molecule has 1 aromatic carbocycles. The summed E-state index contributed by atoms with van der Waals surface area (Å²) in [4.78, 5) is 12.0. The largest absolute Gasteiger partial charge is 0.433 e. The van der Waals surface area contributed by atoms with Crippen LogP contribution >= 0.6 is 15.9 Å². The van der Waals surface area contributed by atoms with Gasteiger partial charge in [-0.05, 0) is 40.5 Å². The molecule has 1 amide bonds. The van der Waals surface area contributed by atoms with E-state index in [2.05, 4.69) is 36.2 Å². The monoisotopic (exact) mass is 345 g/mol. The van der Waals surface area contributed by atoms with E-state index in [0.29, 0.717) is 4.47 Å². The summed E-state index contributed by atoms with van der Waals surface area (Å²) in [5.41, 5.74) is 1.15. The van der Waals surface area contributed by atoms with Gasteiger partial charge >= 0.3 is 6.61 Å². The zero-order valence-corrected chi connectivity index (χ0v) is 11.9. The maximum Gasteiger partial charge on any atom is 0.387 e. The third kappa shape index (κ3) is 3.32. The number of nitrogens with one attached hydrogen (secondary N) is 2. The zero-order valence-electron chi connectivity index (χ0n) is 10.3. The second-order valence-electron chi connectivity index (χ2n) is 3.93. The average Bonchev–Trinajstić information content (AvgIpc) is 2.78. The molecule has 2 rings (SSSR count). The first-order chi connectivity index (χ1) is 9.47. The summed E-state index contributed by atoms with van der Waals surface area (Å²) in [5.74, 6) is -0.617. The van der Waals surface area contributed by atoms with Crippen molar-refractivity contribution >= 4 is 27.5 Å². The number of ether oxygens (including phenoxy) is 1. The second kappa shape index (κ2) is 6.00. The number of aromatic amines is 1. The number of amides is 1. The number of hydrogen-bond acceptors (Lipinski definition) is 3. The van der Waals surface area contributed by atoms with Crippen molar-refractivity contribution in [2.45, 2.75) is 13.5 Å². The summed E-state index contributed by atoms with van der Waals surface area (Å²) in [6.07, 6.45) is 1.42. The van der Waals surface area contributed by atoms with E-state index >= 15 is 0 Å². The van der Waals surface area contributed by atoms with Crippen LogP contribution in [0.3, 0.4) is 0 Å². The lowest BCUT2D eigenvalue weighted by molar-refractivity contribution is -0.0493. The lowest BCUT2D eigenvalue weighted by Crippen LogP contribution is -2.15. The molecule has 0 aliphatic heterocycles. The van der Waals surface area contributed by atoms with Gasteiger partial charge in [-0.2, -0.15) is 13.9 Å². The molecule has 1 aromatic heterocycles. The van der Waals surface area contributed by atoms with Crippen LogP contribution in [0.5, 0.6) is 5.75 Å². The average molecular weight is 346 g/mol. The number of carbonyl (C=O) groups is 1. The van der Waals surface area contributed by atoms with Gasteiger partial charge in [-0.25, -0.2) is 0 Å². The standard InChI is InChI=1S/C12H10BrF2N3O2/c1-6-2-3-9(20-12(14)15)8(4-6)17-11(19)10-7(13)5-16-18-10/h2-5,12H,1H3,(H,16,18)(H,17,19). The molecule has 5 nitrogen and oxygen atoms in total. The summed E-state index contributed by atoms with van der Waals surface area (Å²) < 4.78 is 29.5. The highest BCUT2D eigenvalue weighted by molar-refractivity contribution is 9.10. The van der Waals surface area contributed by atoms with Crippen LogP contribution in [0.1, 0.15) is 16.1 Å². The molecule has 0 aliphatic carbocycles. The Bertz CT molecular complexity index is 631. The molecule has 0 unspecified atom stereocenters. The highest BCUT2D eigenvalue weighted by atomic mass is 79.9. The number of hydrogen-bond donors (Lipinski definition) is 2. The fourth-order valence-corrected chi connectivity index (χ4v) is 1.93. The van der Waals surface area contributed by atoms with Gasteiger partial charge in [-0.15, -0.1) is 0 Å². The predicted octanol–water partition coefficient (Wildman–Crippen LogP) is 3.33. The van der Waals surface area contributed by atoms with Gasteiger partial charge in [0, 0.05) is 0 Å². The van der Waals surface area contributed by atoms with E-state index in [0.717, 1.165) is 5.56 Å². The van der Waals surface area contributed by atoms with Crippen molar-refractivity contribution in [2.75, 3.05) is 5.32 Å². The topological polar surface area (TPSA) is 67.0 Å². The number of rotatable bonds is 4. The molecule has 0 saturated heterocycles. The zero-order chi connectivity index (χ0) is 14.7. The summed E-state index contributed by atoms with van der Waals surface area (Å²) >= 11 is 3.15. The molecular formula is C12H10BrF2N3O2. The van der Waals surface area contributed by atoms with Gasteiger partial charge in [0.15, 0.2) is 0 Å². The van der Waals surface area contributed by atoms with Crippen LogP contribution < -0.4 is 10.1 Å². The molecule has 0 bridgehead atoms. The van der Waals surface area contributed by atoms with E-state index < -0.39 is 12.5 Å². The van der Waals surface area contributed by atoms with E-state index in [1.165, 1.54) is 12.3 Å². The van der Waals surface area contributed by atoms with Crippen LogP contribution in [0.2, 0.25) is 0 Å². The molecular weight excluding hydrogens is 336 g/mol. The minimum atomic E-state index is -2.97. The fourth-order valence-electron chi connectivity index (χ4n) is 1.56. The van der Waals surface area contributed by atoms with Crippen LogP contribution in [-0.4, -0.2) is 22.7 Å². The van der Waals surface area contributed by atoms with Crippen LogP contribution in [-0.2, 0) is 0 Å². The molecule has 20 heavy (non-hydrogen) atoms. The van der Waals surface area contributed by atoms with E-state index in [9.17, 15) is 13.6 Å². The van der Waals surface area contributed by atoms with Crippen molar-refractivity contribution in [2.24, 2.45) is 0 Å². The Morgan fingerprint density at radius 2 is 2.25 bits per heavy atom. The summed E-state index contributed by atoms with van der Waals surface area (Å²) in [6.45, 7) is -1.19. The van der Waals surface area contributed by atoms with E-state index in [4.69, 9.17) is 0 Å². The third-order valence-electron chi connectivity index (χ3n) is 2.42. The highest BCUT2D eigenvalue weighted by Gasteiger charge is 2.16. The Labute approximate surface area is 121 Å². The van der Waals surface area contributed by atoms with Gasteiger partial charge in [0.25, 0.3) is 5.91 Å². The van der Waals surface area contributed by atoms with Crippen LogP contribution in [0, 0.1) is 6.92 Å². The Balaban J connectivity index is 2.26. The maximum absolute atomic E-state index is 12.3. The molecule has 2 aromatic rings. The van der Waals surface area contributed by atoms with Crippen molar-refractivity contribution in [3.63, 3.8) is 0 Å². The quantitative estimate of drug-likeness (QED) is 0.892. The van der Waals surface area contributed by atoms with Crippen LogP contribution in [0.4, 0.5) is 14.5 Å². The van der Waals surface area contributed by atoms with Crippen molar-refractivity contribution in [1.29, 1.82) is 0 Å². The van der Waals surface area contributed by atoms with Gasteiger partial charge in [-0.1, -0.05) is 6.07 Å². The first-order valence-electron chi connectivity index (χ1n) is 5.53. The number of anilines is 1. The molecule has 2 N–H and O–H groups in total. The Kier molecular flexibility index (Phi) is 4.33. The van der Waals surface area contributed by atoms with Crippen LogP contribution in [0.15, 0.2) is 28.9 Å². The number of halogens is 3. The van der Waals surface area contributed by atoms with Crippen LogP contribution in [0.25, 0.3) is 0 Å². The number of aryl methyl sites for hydroxylation is 1. The molecule has 0 aliphatic rings. The van der Waals surface area contributed by atoms with Gasteiger partial charge in [-0.3, -0.25) is 9.89 Å². The summed E-state index contributed by atoms with van der Waals surface area (Å²) in [6, 6.07) is 4.53. The normalized spacial score (nSPS) is 10.7. The maximum atomic E-state index is 12.3. The number of H-pyrrole nitrogens is 1. The summed E-state index contributed by atoms with van der Waals surface area (Å²) in [5, 5.41) is 8.69. The first-order valence-corrected chi connectivity index (χ1v) is 6.32. The Morgan fingerprint density at radius 3 is 2.85 bits per heavy atom. The summed E-state index contributed by atoms with van der Waals surface area (Å²) in [7, 11) is 0. The first kappa shape index (κ1) is 14.4. The molecule has 0 saturated carbocycles. The number of nitrogens with zero attached hydrogens (tertiary/aromatic N) is 1. The van der Waals surface area contributed by atoms with Gasteiger partial charge in [0.1, 0.15) is 11.4 Å². The van der Waals surface area contributed by atoms with Crippen molar-refractivity contribution in [3.05, 3.63) is 40.1 Å². The second-order valence-corrected chi connectivity index (χ2v) is 4.78. The minimum absolute atomic E-state index is 0.102. The number of carbonyl (C=O) groups excluding carboxylic acids is 1. The minimum Gasteiger partial charge on any atom is -0.433 e. The smallest absolute Gasteiger partial charge is 0.387 e. The Morgan fingerprint density at radius 1 is 1.50 bits per heavy atom. The lowest BCUT2D eigenvalue weighted by atomic mass is 10.2. The number of alkyl halides is 2. The lowest BCUT2D eigenvalue weighted by Gasteiger charge is -2.12. The van der Waals surface area contributed by atoms with Crippen molar-refractivity contribution < 1.29 is 18.3 Å². The molecule has 0 spiro atoms. The fraction of sp³-hybridized carbons (Fsp3) is 0.167. The molecule has 0 fully saturated rings. The van der Waals surface area contributed by atoms with Gasteiger partial charge < -0.3 is 10.1 Å². The van der Waals surface area contributed by atoms with Gasteiger partial charge in [0.05, 0.1) is 16.4 Å². The SMILES string of the molecule is Cc1ccc(OC(F)F)c(NC(=O)c2[nH]ncc2Br)c1. The Hall–Kier alpha value is -1.96. The molecule has 0 atom stereocenters. The number of benzene rings is 1. The van der Waals surface area contributed by atoms with Crippen molar-refractivity contribution in [3.8, 4) is 5.75 Å². The third-order valence-corrected chi connectivity index (χ3v) is 3.02. The van der Waals surface area contributed by atoms with Crippen molar-refractivity contribution in [1.82, 2.24) is 10.2 Å². The molecule has 106 valence electrons. The van der Waals surface area contributed by atoms with Gasteiger partial charge in [0.2, 0.25) is 0 Å². The predicted molar refractivity (Wildman–Crippen MR) is 72.1 cm³/mol.